The third-order valence-corrected chi connectivity index (χ3v) is 5.18. The highest BCUT2D eigenvalue weighted by Crippen LogP contribution is 2.33. The van der Waals surface area contributed by atoms with Gasteiger partial charge >= 0.3 is 0 Å². The molecule has 7 nitrogen and oxygen atoms in total. The molecule has 3 rings (SSSR count). The van der Waals surface area contributed by atoms with Crippen LogP contribution in [0.1, 0.15) is 13.3 Å². The van der Waals surface area contributed by atoms with E-state index >= 15 is 0 Å². The van der Waals surface area contributed by atoms with E-state index in [0.29, 0.717) is 24.0 Å². The molecule has 1 amide bonds. The molecule has 2 aliphatic rings. The average Bonchev–Trinajstić information content (AvgIpc) is 2.71. The number of nitrogens with zero attached hydrogens (tertiary/aromatic N) is 1. The normalized spacial score (nSPS) is 19.7. The predicted octanol–water partition coefficient (Wildman–Crippen LogP) is -0.430. The van der Waals surface area contributed by atoms with Crippen LogP contribution in [0.4, 0.5) is 5.69 Å². The number of ether oxygens (including phenoxy) is 2. The SMILES string of the molecule is CCCNC(=O)[C@H]1CN(C(=S)NCC[NH+]2CCOCC2)c2ccccc2O1. The van der Waals surface area contributed by atoms with E-state index in [2.05, 4.69) is 10.6 Å². The van der Waals surface area contributed by atoms with Gasteiger partial charge in [-0.3, -0.25) is 4.79 Å². The maximum atomic E-state index is 12.4. The van der Waals surface area contributed by atoms with Crippen molar-refractivity contribution in [3.63, 3.8) is 0 Å². The summed E-state index contributed by atoms with van der Waals surface area (Å²) in [7, 11) is 0. The number of benzene rings is 1. The van der Waals surface area contributed by atoms with Gasteiger partial charge in [0, 0.05) is 6.54 Å². The number of rotatable bonds is 6. The van der Waals surface area contributed by atoms with E-state index < -0.39 is 6.10 Å². The molecule has 0 aromatic heterocycles. The number of thiocarbonyl (C=S) groups is 1. The van der Waals surface area contributed by atoms with Gasteiger partial charge in [-0.05, 0) is 30.8 Å². The van der Waals surface area contributed by atoms with Gasteiger partial charge in [0.2, 0.25) is 0 Å². The van der Waals surface area contributed by atoms with Gasteiger partial charge in [-0.15, -0.1) is 0 Å². The second-order valence-electron chi connectivity index (χ2n) is 6.82. The van der Waals surface area contributed by atoms with Crippen LogP contribution in [-0.2, 0) is 9.53 Å². The summed E-state index contributed by atoms with van der Waals surface area (Å²) in [6, 6.07) is 7.70. The maximum Gasteiger partial charge on any atom is 0.262 e. The molecule has 0 radical (unpaired) electrons. The summed E-state index contributed by atoms with van der Waals surface area (Å²) in [5.41, 5.74) is 0.897. The Kier molecular flexibility index (Phi) is 7.25. The number of fused-ring (bicyclic) bond motifs is 1. The average molecular weight is 394 g/mol. The Labute approximate surface area is 166 Å². The van der Waals surface area contributed by atoms with Crippen molar-refractivity contribution >= 4 is 28.9 Å². The second kappa shape index (κ2) is 9.87. The van der Waals surface area contributed by atoms with E-state index in [1.54, 1.807) is 0 Å². The molecule has 148 valence electrons. The molecular weight excluding hydrogens is 364 g/mol. The number of nitrogens with one attached hydrogen (secondary N) is 3. The third kappa shape index (κ3) is 5.31. The lowest BCUT2D eigenvalue weighted by Gasteiger charge is -2.35. The van der Waals surface area contributed by atoms with Crippen molar-refractivity contribution in [3.05, 3.63) is 24.3 Å². The molecule has 1 aromatic carbocycles. The fourth-order valence-electron chi connectivity index (χ4n) is 3.28. The lowest BCUT2D eigenvalue weighted by atomic mass is 10.2. The van der Waals surface area contributed by atoms with Crippen LogP contribution in [0.25, 0.3) is 0 Å². The largest absolute Gasteiger partial charge is 0.477 e. The predicted molar refractivity (Wildman–Crippen MR) is 108 cm³/mol. The number of amides is 1. The number of quaternary nitrogens is 1. The number of carbonyl (C=O) groups excluding carboxylic acids is 1. The minimum atomic E-state index is -0.573. The zero-order valence-electron chi connectivity index (χ0n) is 15.8. The molecule has 3 N–H and O–H groups in total. The van der Waals surface area contributed by atoms with Crippen LogP contribution in [0.2, 0.25) is 0 Å². The Hall–Kier alpha value is -1.90. The van der Waals surface area contributed by atoms with Crippen LogP contribution < -0.4 is 25.2 Å². The first-order valence-electron chi connectivity index (χ1n) is 9.69. The number of para-hydroxylation sites is 2. The van der Waals surface area contributed by atoms with E-state index in [4.69, 9.17) is 21.7 Å². The highest BCUT2D eigenvalue weighted by molar-refractivity contribution is 7.80. The number of carbonyl (C=O) groups is 1. The minimum absolute atomic E-state index is 0.100. The van der Waals surface area contributed by atoms with E-state index in [1.165, 1.54) is 4.90 Å². The van der Waals surface area contributed by atoms with Gasteiger partial charge in [0.15, 0.2) is 11.2 Å². The van der Waals surface area contributed by atoms with Gasteiger partial charge in [-0.1, -0.05) is 19.1 Å². The monoisotopic (exact) mass is 393 g/mol. The molecule has 0 bridgehead atoms. The summed E-state index contributed by atoms with van der Waals surface area (Å²) in [4.78, 5) is 15.9. The Morgan fingerprint density at radius 2 is 2.04 bits per heavy atom. The molecule has 1 atom stereocenters. The molecule has 1 saturated heterocycles. The lowest BCUT2D eigenvalue weighted by molar-refractivity contribution is -0.906. The second-order valence-corrected chi connectivity index (χ2v) is 7.21. The number of anilines is 1. The van der Waals surface area contributed by atoms with Crippen LogP contribution in [0.5, 0.6) is 5.75 Å². The Balaban J connectivity index is 1.61. The van der Waals surface area contributed by atoms with Crippen LogP contribution in [-0.4, -0.2) is 69.6 Å². The van der Waals surface area contributed by atoms with Gasteiger partial charge in [-0.25, -0.2) is 0 Å². The first-order valence-corrected chi connectivity index (χ1v) is 10.1. The van der Waals surface area contributed by atoms with E-state index in [-0.39, 0.29) is 5.91 Å². The number of hydrogen-bond donors (Lipinski definition) is 3. The standard InChI is InChI=1S/C19H28N4O3S/c1-2-7-20-18(24)17-14-23(15-5-3-4-6-16(15)26-17)19(27)21-8-9-22-10-12-25-13-11-22/h3-6,17H,2,7-14H2,1H3,(H,20,24)(H,21,27)/p+1/t17-/m1/s1. The third-order valence-electron chi connectivity index (χ3n) is 4.82. The first kappa shape index (κ1) is 19.9. The van der Waals surface area contributed by atoms with E-state index in [1.807, 2.05) is 36.1 Å². The molecular formula is C19H29N4O3S+. The Bertz CT molecular complexity index is 652. The van der Waals surface area contributed by atoms with Crippen LogP contribution in [0.3, 0.4) is 0 Å². The molecule has 0 aliphatic carbocycles. The van der Waals surface area contributed by atoms with Crippen LogP contribution in [0.15, 0.2) is 24.3 Å². The van der Waals surface area contributed by atoms with E-state index in [9.17, 15) is 4.79 Å². The van der Waals surface area contributed by atoms with Crippen LogP contribution in [0, 0.1) is 0 Å². The maximum absolute atomic E-state index is 12.4. The van der Waals surface area contributed by atoms with Crippen molar-refractivity contribution in [2.24, 2.45) is 0 Å². The van der Waals surface area contributed by atoms with Crippen molar-refractivity contribution in [2.75, 3.05) is 57.4 Å². The lowest BCUT2D eigenvalue weighted by Crippen LogP contribution is -3.14. The minimum Gasteiger partial charge on any atom is -0.477 e. The van der Waals surface area contributed by atoms with Gasteiger partial charge in [-0.2, -0.15) is 0 Å². The summed E-state index contributed by atoms with van der Waals surface area (Å²) in [5, 5.41) is 6.89. The van der Waals surface area contributed by atoms with Gasteiger partial charge in [0.05, 0.1) is 38.5 Å². The van der Waals surface area contributed by atoms with Gasteiger partial charge in [0.1, 0.15) is 18.8 Å². The molecule has 2 aliphatic heterocycles. The molecule has 0 saturated carbocycles. The Morgan fingerprint density at radius 1 is 1.26 bits per heavy atom. The van der Waals surface area contributed by atoms with Crippen molar-refractivity contribution in [3.8, 4) is 5.75 Å². The smallest absolute Gasteiger partial charge is 0.262 e. The molecule has 27 heavy (non-hydrogen) atoms. The highest BCUT2D eigenvalue weighted by Gasteiger charge is 2.32. The Morgan fingerprint density at radius 3 is 2.81 bits per heavy atom. The molecule has 0 spiro atoms. The zero-order valence-corrected chi connectivity index (χ0v) is 16.6. The van der Waals surface area contributed by atoms with Crippen LogP contribution >= 0.6 is 12.2 Å². The van der Waals surface area contributed by atoms with Crippen molar-refractivity contribution in [1.29, 1.82) is 0 Å². The highest BCUT2D eigenvalue weighted by atomic mass is 32.1. The summed E-state index contributed by atoms with van der Waals surface area (Å²) >= 11 is 5.64. The molecule has 0 unspecified atom stereocenters. The number of morpholine rings is 1. The quantitative estimate of drug-likeness (QED) is 0.570. The molecule has 2 heterocycles. The van der Waals surface area contributed by atoms with Gasteiger partial charge < -0.3 is 29.9 Å². The van der Waals surface area contributed by atoms with Crippen molar-refractivity contribution in [1.82, 2.24) is 10.6 Å². The van der Waals surface area contributed by atoms with Crippen molar-refractivity contribution < 1.29 is 19.2 Å². The summed E-state index contributed by atoms with van der Waals surface area (Å²) in [6.45, 7) is 8.59. The van der Waals surface area contributed by atoms with E-state index in [0.717, 1.165) is 51.5 Å². The first-order chi connectivity index (χ1) is 13.2. The summed E-state index contributed by atoms with van der Waals surface area (Å²) in [6.07, 6.45) is 0.318. The fraction of sp³-hybridized carbons (Fsp3) is 0.579. The number of hydrogen-bond acceptors (Lipinski definition) is 4. The van der Waals surface area contributed by atoms with Crippen molar-refractivity contribution in [2.45, 2.75) is 19.4 Å². The molecule has 8 heteroatoms. The fourth-order valence-corrected chi connectivity index (χ4v) is 3.55. The topological polar surface area (TPSA) is 67.3 Å². The molecule has 1 aromatic rings. The summed E-state index contributed by atoms with van der Waals surface area (Å²) in [5.74, 6) is 0.584. The van der Waals surface area contributed by atoms with Gasteiger partial charge in [0.25, 0.3) is 5.91 Å². The molecule has 1 fully saturated rings. The summed E-state index contributed by atoms with van der Waals surface area (Å²) < 4.78 is 11.3. The zero-order chi connectivity index (χ0) is 19.1.